The first-order valence-corrected chi connectivity index (χ1v) is 9.72. The number of likely N-dealkylation sites (tertiary alicyclic amines) is 1. The molecule has 1 fully saturated rings. The molecule has 2 unspecified atom stereocenters. The molecule has 1 aliphatic heterocycles. The van der Waals surface area contributed by atoms with Gasteiger partial charge in [0, 0.05) is 44.3 Å². The first-order chi connectivity index (χ1) is 13.6. The molecule has 2 atom stereocenters. The standard InChI is InChI=1S/C22H29FN4O.HI/c1-16-10-20(14-27(16)13-17-6-4-3-5-7-17)26-22(24-2)25-12-18-8-9-21(23)19(11-18)15-28;/h3-9,11,16,20,28H,10,12-15H2,1-2H3,(H2,24,25,26);1H. The van der Waals surface area contributed by atoms with Crippen molar-refractivity contribution in [3.05, 3.63) is 71.0 Å². The maximum atomic E-state index is 13.5. The molecule has 3 rings (SSSR count). The highest BCUT2D eigenvalue weighted by Crippen LogP contribution is 2.20. The zero-order valence-corrected chi connectivity index (χ0v) is 19.3. The van der Waals surface area contributed by atoms with Gasteiger partial charge in [0.15, 0.2) is 5.96 Å². The van der Waals surface area contributed by atoms with Gasteiger partial charge >= 0.3 is 0 Å². The Kier molecular flexibility index (Phi) is 9.32. The summed E-state index contributed by atoms with van der Waals surface area (Å²) in [6.45, 7) is 4.39. The minimum atomic E-state index is -0.382. The predicted octanol–water partition coefficient (Wildman–Crippen LogP) is 3.26. The molecule has 7 heteroatoms. The second-order valence-corrected chi connectivity index (χ2v) is 7.35. The van der Waals surface area contributed by atoms with Crippen molar-refractivity contribution in [2.75, 3.05) is 13.6 Å². The SMILES string of the molecule is CN=C(NCc1ccc(F)c(CO)c1)NC1CC(C)N(Cc2ccccc2)C1.I. The number of aliphatic hydroxyl groups is 1. The molecule has 5 nitrogen and oxygen atoms in total. The van der Waals surface area contributed by atoms with Gasteiger partial charge in [-0.1, -0.05) is 36.4 Å². The third-order valence-corrected chi connectivity index (χ3v) is 5.24. The molecule has 1 aliphatic rings. The third-order valence-electron chi connectivity index (χ3n) is 5.24. The van der Waals surface area contributed by atoms with Crippen molar-refractivity contribution < 1.29 is 9.50 Å². The van der Waals surface area contributed by atoms with Crippen LogP contribution in [0.1, 0.15) is 30.0 Å². The maximum Gasteiger partial charge on any atom is 0.191 e. The molecule has 0 amide bonds. The lowest BCUT2D eigenvalue weighted by Gasteiger charge is -2.21. The molecule has 29 heavy (non-hydrogen) atoms. The molecule has 2 aromatic carbocycles. The monoisotopic (exact) mass is 512 g/mol. The number of nitrogens with one attached hydrogen (secondary N) is 2. The summed E-state index contributed by atoms with van der Waals surface area (Å²) in [5.74, 6) is 0.348. The average molecular weight is 512 g/mol. The quantitative estimate of drug-likeness (QED) is 0.316. The number of benzene rings is 2. The lowest BCUT2D eigenvalue weighted by Crippen LogP contribution is -2.44. The molecule has 0 aromatic heterocycles. The summed E-state index contributed by atoms with van der Waals surface area (Å²) < 4.78 is 13.5. The van der Waals surface area contributed by atoms with Crippen LogP contribution in [0.15, 0.2) is 53.5 Å². The molecular weight excluding hydrogens is 482 g/mol. The van der Waals surface area contributed by atoms with Crippen LogP contribution in [-0.2, 0) is 19.7 Å². The smallest absolute Gasteiger partial charge is 0.191 e. The van der Waals surface area contributed by atoms with Crippen LogP contribution in [0.25, 0.3) is 0 Å². The van der Waals surface area contributed by atoms with Crippen molar-refractivity contribution in [3.8, 4) is 0 Å². The van der Waals surface area contributed by atoms with Crippen molar-refractivity contribution in [1.82, 2.24) is 15.5 Å². The maximum absolute atomic E-state index is 13.5. The van der Waals surface area contributed by atoms with E-state index in [1.165, 1.54) is 11.6 Å². The second kappa shape index (κ2) is 11.5. The highest BCUT2D eigenvalue weighted by molar-refractivity contribution is 14.0. The van der Waals surface area contributed by atoms with Crippen LogP contribution >= 0.6 is 24.0 Å². The molecule has 0 spiro atoms. The fourth-order valence-corrected chi connectivity index (χ4v) is 3.67. The summed E-state index contributed by atoms with van der Waals surface area (Å²) in [7, 11) is 1.75. The van der Waals surface area contributed by atoms with Gasteiger partial charge in [-0.3, -0.25) is 9.89 Å². The summed E-state index contributed by atoms with van der Waals surface area (Å²) in [5, 5.41) is 16.0. The second-order valence-electron chi connectivity index (χ2n) is 7.35. The number of aliphatic imine (C=N–C) groups is 1. The number of nitrogens with zero attached hydrogens (tertiary/aromatic N) is 2. The molecule has 1 heterocycles. The van der Waals surface area contributed by atoms with Crippen LogP contribution < -0.4 is 10.6 Å². The third kappa shape index (κ3) is 6.65. The molecule has 3 N–H and O–H groups in total. The van der Waals surface area contributed by atoms with Gasteiger partial charge in [0.1, 0.15) is 5.82 Å². The van der Waals surface area contributed by atoms with Crippen molar-refractivity contribution in [3.63, 3.8) is 0 Å². The summed E-state index contributed by atoms with van der Waals surface area (Å²) >= 11 is 0. The van der Waals surface area contributed by atoms with E-state index in [0.29, 0.717) is 24.2 Å². The van der Waals surface area contributed by atoms with Gasteiger partial charge in [-0.05, 0) is 36.6 Å². The fraction of sp³-hybridized carbons (Fsp3) is 0.409. The highest BCUT2D eigenvalue weighted by Gasteiger charge is 2.29. The van der Waals surface area contributed by atoms with Crippen LogP contribution in [0.5, 0.6) is 0 Å². The zero-order chi connectivity index (χ0) is 19.9. The van der Waals surface area contributed by atoms with Gasteiger partial charge in [0.05, 0.1) is 6.61 Å². The Balaban J connectivity index is 0.00000300. The van der Waals surface area contributed by atoms with E-state index in [-0.39, 0.29) is 36.4 Å². The van der Waals surface area contributed by atoms with E-state index in [4.69, 9.17) is 0 Å². The predicted molar refractivity (Wildman–Crippen MR) is 126 cm³/mol. The van der Waals surface area contributed by atoms with E-state index in [2.05, 4.69) is 51.7 Å². The topological polar surface area (TPSA) is 59.9 Å². The summed E-state index contributed by atoms with van der Waals surface area (Å²) in [4.78, 5) is 6.79. The minimum Gasteiger partial charge on any atom is -0.392 e. The average Bonchev–Trinajstić information content (AvgIpc) is 3.05. The van der Waals surface area contributed by atoms with Gasteiger partial charge in [-0.2, -0.15) is 0 Å². The van der Waals surface area contributed by atoms with Gasteiger partial charge < -0.3 is 15.7 Å². The van der Waals surface area contributed by atoms with E-state index >= 15 is 0 Å². The van der Waals surface area contributed by atoms with E-state index < -0.39 is 0 Å². The summed E-state index contributed by atoms with van der Waals surface area (Å²) in [6.07, 6.45) is 1.05. The van der Waals surface area contributed by atoms with Gasteiger partial charge in [-0.25, -0.2) is 4.39 Å². The minimum absolute atomic E-state index is 0. The summed E-state index contributed by atoms with van der Waals surface area (Å²) in [6, 6.07) is 16.1. The molecule has 2 aromatic rings. The van der Waals surface area contributed by atoms with Crippen LogP contribution in [-0.4, -0.2) is 41.6 Å². The van der Waals surface area contributed by atoms with E-state index in [1.807, 2.05) is 6.07 Å². The van der Waals surface area contributed by atoms with E-state index in [9.17, 15) is 9.50 Å². The van der Waals surface area contributed by atoms with Crippen LogP contribution in [0.2, 0.25) is 0 Å². The Morgan fingerprint density at radius 2 is 1.97 bits per heavy atom. The Hall–Kier alpha value is -1.71. The van der Waals surface area contributed by atoms with Crippen molar-refractivity contribution in [2.45, 2.75) is 45.1 Å². The number of halogens is 2. The van der Waals surface area contributed by atoms with Crippen LogP contribution in [0.4, 0.5) is 4.39 Å². The summed E-state index contributed by atoms with van der Waals surface area (Å²) in [5.41, 5.74) is 2.54. The van der Waals surface area contributed by atoms with E-state index in [0.717, 1.165) is 31.0 Å². The fourth-order valence-electron chi connectivity index (χ4n) is 3.67. The molecule has 0 aliphatic carbocycles. The van der Waals surface area contributed by atoms with Crippen LogP contribution in [0.3, 0.4) is 0 Å². The Morgan fingerprint density at radius 1 is 1.21 bits per heavy atom. The lowest BCUT2D eigenvalue weighted by atomic mass is 10.1. The molecule has 1 saturated heterocycles. The number of hydrogen-bond acceptors (Lipinski definition) is 3. The first-order valence-electron chi connectivity index (χ1n) is 9.72. The van der Waals surface area contributed by atoms with Gasteiger partial charge in [-0.15, -0.1) is 24.0 Å². The van der Waals surface area contributed by atoms with Crippen molar-refractivity contribution in [2.24, 2.45) is 4.99 Å². The number of aliphatic hydroxyl groups excluding tert-OH is 1. The molecule has 0 saturated carbocycles. The van der Waals surface area contributed by atoms with E-state index in [1.54, 1.807) is 19.2 Å². The molecule has 0 radical (unpaired) electrons. The van der Waals surface area contributed by atoms with Crippen molar-refractivity contribution in [1.29, 1.82) is 0 Å². The number of rotatable bonds is 6. The Morgan fingerprint density at radius 3 is 2.66 bits per heavy atom. The van der Waals surface area contributed by atoms with Gasteiger partial charge in [0.2, 0.25) is 0 Å². The largest absolute Gasteiger partial charge is 0.392 e. The highest BCUT2D eigenvalue weighted by atomic mass is 127. The first kappa shape index (κ1) is 23.6. The van der Waals surface area contributed by atoms with Crippen molar-refractivity contribution >= 4 is 29.9 Å². The molecule has 158 valence electrons. The normalized spacial score (nSPS) is 19.7. The van der Waals surface area contributed by atoms with Gasteiger partial charge in [0.25, 0.3) is 0 Å². The number of hydrogen-bond donors (Lipinski definition) is 3. The lowest BCUT2D eigenvalue weighted by molar-refractivity contribution is 0.258. The Labute approximate surface area is 189 Å². The molecule has 0 bridgehead atoms. The Bertz CT molecular complexity index is 803. The molecular formula is C22H30FIN4O. The van der Waals surface area contributed by atoms with Crippen LogP contribution in [0, 0.1) is 5.82 Å². The zero-order valence-electron chi connectivity index (χ0n) is 16.9. The number of guanidine groups is 1.